The van der Waals surface area contributed by atoms with E-state index in [1.54, 1.807) is 17.8 Å². The van der Waals surface area contributed by atoms with Gasteiger partial charge < -0.3 is 9.84 Å². The summed E-state index contributed by atoms with van der Waals surface area (Å²) in [5, 5.41) is 6.44. The number of carbonyl (C=O) groups is 1. The lowest BCUT2D eigenvalue weighted by atomic mass is 10.2. The summed E-state index contributed by atoms with van der Waals surface area (Å²) in [6.07, 6.45) is 2.23. The molecule has 2 aromatic carbocycles. The van der Waals surface area contributed by atoms with Gasteiger partial charge in [-0.15, -0.1) is 11.8 Å². The van der Waals surface area contributed by atoms with Gasteiger partial charge in [0.2, 0.25) is 11.8 Å². The number of carbonyl (C=O) groups excluding carboxylic acids is 1. The SMILES string of the molecule is CSc1cccc(NC(=O)CCc2nc(CS(=O)(=O)c3ccc(F)cc3)no2)c1. The number of hydrogen-bond acceptors (Lipinski definition) is 7. The molecule has 1 aromatic heterocycles. The molecular weight excluding hydrogens is 417 g/mol. The Hall–Kier alpha value is -2.72. The van der Waals surface area contributed by atoms with Crippen LogP contribution in [0.3, 0.4) is 0 Å². The van der Waals surface area contributed by atoms with Crippen LogP contribution in [0.4, 0.5) is 10.1 Å². The molecule has 0 aliphatic carbocycles. The first kappa shape index (κ1) is 21.0. The van der Waals surface area contributed by atoms with Gasteiger partial charge in [0.1, 0.15) is 11.6 Å². The molecule has 1 N–H and O–H groups in total. The number of hydrogen-bond donors (Lipinski definition) is 1. The van der Waals surface area contributed by atoms with Crippen LogP contribution >= 0.6 is 11.8 Å². The maximum atomic E-state index is 13.0. The molecule has 0 saturated carbocycles. The van der Waals surface area contributed by atoms with E-state index in [0.29, 0.717) is 5.69 Å². The van der Waals surface area contributed by atoms with E-state index in [1.165, 1.54) is 12.1 Å². The largest absolute Gasteiger partial charge is 0.339 e. The molecule has 0 bridgehead atoms. The Bertz CT molecular complexity index is 1100. The number of nitrogens with one attached hydrogen (secondary N) is 1. The van der Waals surface area contributed by atoms with Gasteiger partial charge >= 0.3 is 0 Å². The van der Waals surface area contributed by atoms with Crippen LogP contribution in [0, 0.1) is 5.82 Å². The van der Waals surface area contributed by atoms with Gasteiger partial charge in [-0.1, -0.05) is 11.2 Å². The number of sulfone groups is 1. The molecule has 152 valence electrons. The van der Waals surface area contributed by atoms with Gasteiger partial charge in [-0.2, -0.15) is 4.98 Å². The van der Waals surface area contributed by atoms with E-state index in [9.17, 15) is 17.6 Å². The highest BCUT2D eigenvalue weighted by Gasteiger charge is 2.19. The summed E-state index contributed by atoms with van der Waals surface area (Å²) >= 11 is 1.57. The van der Waals surface area contributed by atoms with Crippen molar-refractivity contribution in [3.63, 3.8) is 0 Å². The van der Waals surface area contributed by atoms with Crippen molar-refractivity contribution < 1.29 is 22.1 Å². The first-order valence-corrected chi connectivity index (χ1v) is 11.5. The zero-order chi connectivity index (χ0) is 20.9. The van der Waals surface area contributed by atoms with Gasteiger partial charge in [-0.3, -0.25) is 4.79 Å². The van der Waals surface area contributed by atoms with E-state index in [1.807, 2.05) is 24.5 Å². The summed E-state index contributed by atoms with van der Waals surface area (Å²) < 4.78 is 42.7. The lowest BCUT2D eigenvalue weighted by Gasteiger charge is -2.05. The molecule has 0 spiro atoms. The highest BCUT2D eigenvalue weighted by atomic mass is 32.2. The lowest BCUT2D eigenvalue weighted by Crippen LogP contribution is -2.12. The summed E-state index contributed by atoms with van der Waals surface area (Å²) in [6.45, 7) is 0. The van der Waals surface area contributed by atoms with E-state index in [4.69, 9.17) is 4.52 Å². The molecule has 1 amide bonds. The fourth-order valence-electron chi connectivity index (χ4n) is 2.49. The number of rotatable bonds is 8. The summed E-state index contributed by atoms with van der Waals surface area (Å²) in [4.78, 5) is 17.1. The van der Waals surface area contributed by atoms with E-state index >= 15 is 0 Å². The Balaban J connectivity index is 1.56. The van der Waals surface area contributed by atoms with Crippen LogP contribution in [-0.4, -0.2) is 30.7 Å². The van der Waals surface area contributed by atoms with Crippen molar-refractivity contribution in [2.75, 3.05) is 11.6 Å². The predicted molar refractivity (Wildman–Crippen MR) is 107 cm³/mol. The Morgan fingerprint density at radius 3 is 2.69 bits per heavy atom. The average Bonchev–Trinajstić information content (AvgIpc) is 3.13. The molecule has 29 heavy (non-hydrogen) atoms. The summed E-state index contributed by atoms with van der Waals surface area (Å²) in [6, 6.07) is 12.0. The van der Waals surface area contributed by atoms with Crippen molar-refractivity contribution in [1.29, 1.82) is 0 Å². The molecule has 7 nitrogen and oxygen atoms in total. The molecule has 0 radical (unpaired) electrons. The second-order valence-corrected chi connectivity index (χ2v) is 8.97. The Morgan fingerprint density at radius 1 is 1.21 bits per heavy atom. The number of nitrogens with zero attached hydrogens (tertiary/aromatic N) is 2. The molecule has 0 atom stereocenters. The third-order valence-electron chi connectivity index (χ3n) is 3.92. The first-order chi connectivity index (χ1) is 13.9. The Labute approximate surface area is 171 Å². The molecule has 1 heterocycles. The molecule has 0 saturated heterocycles. The number of aryl methyl sites for hydroxylation is 1. The molecule has 0 aliphatic rings. The lowest BCUT2D eigenvalue weighted by molar-refractivity contribution is -0.116. The molecular formula is C19H18FN3O4S2. The monoisotopic (exact) mass is 435 g/mol. The highest BCUT2D eigenvalue weighted by molar-refractivity contribution is 7.98. The van der Waals surface area contributed by atoms with Crippen molar-refractivity contribution in [3.05, 3.63) is 66.1 Å². The van der Waals surface area contributed by atoms with Crippen molar-refractivity contribution >= 4 is 33.2 Å². The smallest absolute Gasteiger partial charge is 0.227 e. The van der Waals surface area contributed by atoms with Gasteiger partial charge in [0, 0.05) is 23.4 Å². The number of benzene rings is 2. The topological polar surface area (TPSA) is 102 Å². The van der Waals surface area contributed by atoms with E-state index < -0.39 is 21.4 Å². The normalized spacial score (nSPS) is 11.4. The molecule has 0 fully saturated rings. The van der Waals surface area contributed by atoms with Crippen LogP contribution in [-0.2, 0) is 26.8 Å². The van der Waals surface area contributed by atoms with Crippen LogP contribution in [0.2, 0.25) is 0 Å². The van der Waals surface area contributed by atoms with Crippen molar-refractivity contribution in [1.82, 2.24) is 10.1 Å². The molecule has 3 aromatic rings. The zero-order valence-electron chi connectivity index (χ0n) is 15.5. The van der Waals surface area contributed by atoms with Crippen LogP contribution in [0.15, 0.2) is 62.8 Å². The predicted octanol–water partition coefficient (Wildman–Crippen LogP) is 3.48. The van der Waals surface area contributed by atoms with Crippen LogP contribution in [0.25, 0.3) is 0 Å². The third kappa shape index (κ3) is 5.88. The number of thioether (sulfide) groups is 1. The molecule has 10 heteroatoms. The maximum Gasteiger partial charge on any atom is 0.227 e. The number of halogens is 1. The van der Waals surface area contributed by atoms with Gasteiger partial charge in [0.25, 0.3) is 0 Å². The molecule has 0 unspecified atom stereocenters. The highest BCUT2D eigenvalue weighted by Crippen LogP contribution is 2.19. The maximum absolute atomic E-state index is 13.0. The van der Waals surface area contributed by atoms with Crippen LogP contribution < -0.4 is 5.32 Å². The van der Waals surface area contributed by atoms with Gasteiger partial charge in [0.05, 0.1) is 4.90 Å². The fourth-order valence-corrected chi connectivity index (χ4v) is 4.12. The summed E-state index contributed by atoms with van der Waals surface area (Å²) in [5.74, 6) is -1.07. The second kappa shape index (κ2) is 9.19. The Kier molecular flexibility index (Phi) is 6.65. The molecule has 0 aliphatic heterocycles. The van der Waals surface area contributed by atoms with Crippen LogP contribution in [0.1, 0.15) is 18.1 Å². The van der Waals surface area contributed by atoms with E-state index in [2.05, 4.69) is 15.5 Å². The zero-order valence-corrected chi connectivity index (χ0v) is 17.1. The van der Waals surface area contributed by atoms with Gasteiger partial charge in [-0.25, -0.2) is 12.8 Å². The van der Waals surface area contributed by atoms with E-state index in [0.717, 1.165) is 17.0 Å². The second-order valence-electron chi connectivity index (χ2n) is 6.10. The number of amides is 1. The first-order valence-electron chi connectivity index (χ1n) is 8.59. The minimum Gasteiger partial charge on any atom is -0.339 e. The fraction of sp³-hybridized carbons (Fsp3) is 0.211. The van der Waals surface area contributed by atoms with Crippen molar-refractivity contribution in [2.24, 2.45) is 0 Å². The summed E-state index contributed by atoms with van der Waals surface area (Å²) in [7, 11) is -3.73. The average molecular weight is 436 g/mol. The molecule has 3 rings (SSSR count). The van der Waals surface area contributed by atoms with Crippen LogP contribution in [0.5, 0.6) is 0 Å². The minimum absolute atomic E-state index is 0.0163. The number of aromatic nitrogens is 2. The van der Waals surface area contributed by atoms with Gasteiger partial charge in [-0.05, 0) is 48.7 Å². The minimum atomic E-state index is -3.73. The van der Waals surface area contributed by atoms with Crippen molar-refractivity contribution in [2.45, 2.75) is 28.4 Å². The quantitative estimate of drug-likeness (QED) is 0.427. The van der Waals surface area contributed by atoms with Gasteiger partial charge in [0.15, 0.2) is 15.7 Å². The van der Waals surface area contributed by atoms with Crippen molar-refractivity contribution in [3.8, 4) is 0 Å². The standard InChI is InChI=1S/C19H18FN3O4S2/c1-28-15-4-2-3-14(11-15)21-18(24)9-10-19-22-17(23-27-19)12-29(25,26)16-7-5-13(20)6-8-16/h2-8,11H,9-10,12H2,1H3,(H,21,24). The summed E-state index contributed by atoms with van der Waals surface area (Å²) in [5.41, 5.74) is 0.693. The Morgan fingerprint density at radius 2 is 1.97 bits per heavy atom. The third-order valence-corrected chi connectivity index (χ3v) is 6.28. The number of anilines is 1. The van der Waals surface area contributed by atoms with E-state index in [-0.39, 0.29) is 35.4 Å².